The molecule has 7 aliphatic carbocycles. The lowest BCUT2D eigenvalue weighted by Crippen LogP contribution is -2.59. The maximum Gasteiger partial charge on any atom is 0.312 e. The number of esters is 6. The molecule has 97 heavy (non-hydrogen) atoms. The van der Waals surface area contributed by atoms with Gasteiger partial charge >= 0.3 is 35.8 Å². The van der Waals surface area contributed by atoms with E-state index in [2.05, 4.69) is 83.1 Å². The largest absolute Gasteiger partial charge is 0.460 e. The van der Waals surface area contributed by atoms with Gasteiger partial charge in [0.05, 0.1) is 32.5 Å². The van der Waals surface area contributed by atoms with Crippen LogP contribution in [0.15, 0.2) is 0 Å². The van der Waals surface area contributed by atoms with E-state index in [1.165, 1.54) is 77.0 Å². The van der Waals surface area contributed by atoms with E-state index in [1.807, 2.05) is 138 Å². The molecule has 7 rings (SSSR count). The third kappa shape index (κ3) is 25.3. The first kappa shape index (κ1) is 91.8. The summed E-state index contributed by atoms with van der Waals surface area (Å²) in [5, 5.41) is 0. The van der Waals surface area contributed by atoms with Gasteiger partial charge in [0, 0.05) is 10.8 Å². The molecule has 0 amide bonds. The van der Waals surface area contributed by atoms with Gasteiger partial charge in [0.2, 0.25) is 0 Å². The van der Waals surface area contributed by atoms with Crippen molar-refractivity contribution in [1.82, 2.24) is 0 Å². The Balaban J connectivity index is 0.000000588. The van der Waals surface area contributed by atoms with E-state index in [9.17, 15) is 28.8 Å². The summed E-state index contributed by atoms with van der Waals surface area (Å²) in [5.74, 6) is 2.88. The lowest BCUT2D eigenvalue weighted by atomic mass is 9.45. The summed E-state index contributed by atoms with van der Waals surface area (Å²) in [5.41, 5.74) is -3.26. The molecule has 0 heterocycles. The van der Waals surface area contributed by atoms with E-state index in [-0.39, 0.29) is 113 Å². The van der Waals surface area contributed by atoms with Gasteiger partial charge in [-0.05, 0) is 321 Å². The molecule has 12 heteroatoms. The van der Waals surface area contributed by atoms with Gasteiger partial charge in [0.15, 0.2) is 0 Å². The van der Waals surface area contributed by atoms with Crippen LogP contribution < -0.4 is 0 Å². The van der Waals surface area contributed by atoms with Crippen molar-refractivity contribution in [2.24, 2.45) is 67.0 Å². The molecule has 1 atom stereocenters. The minimum atomic E-state index is -0.372. The summed E-state index contributed by atoms with van der Waals surface area (Å²) in [7, 11) is 0. The average molecular weight is 1370 g/mol. The Morgan fingerprint density at radius 2 is 0.649 bits per heavy atom. The Morgan fingerprint density at radius 1 is 0.351 bits per heavy atom. The number of ether oxygens (including phenoxy) is 6. The van der Waals surface area contributed by atoms with E-state index < -0.39 is 0 Å². The molecule has 570 valence electrons. The molecule has 7 saturated carbocycles. The molecule has 1 unspecified atom stereocenters. The molecule has 0 N–H and O–H groups in total. The quantitative estimate of drug-likeness (QED) is 0.0666. The molecule has 7 aliphatic rings. The normalized spacial score (nSPS) is 22.5. The first-order valence-electron chi connectivity index (χ1n) is 39.6. The van der Waals surface area contributed by atoms with Crippen LogP contribution >= 0.6 is 0 Å². The third-order valence-corrected chi connectivity index (χ3v) is 25.7. The van der Waals surface area contributed by atoms with E-state index in [0.717, 1.165) is 127 Å². The zero-order chi connectivity index (χ0) is 75.5. The number of rotatable bonds is 24. The van der Waals surface area contributed by atoms with Gasteiger partial charge in [-0.25, -0.2) is 0 Å². The highest BCUT2D eigenvalue weighted by molar-refractivity contribution is 5.78. The molecular weight excluding hydrogens is 1210 g/mol. The number of carbonyl (C=O) groups excluding carboxylic acids is 6. The molecule has 0 aliphatic heterocycles. The van der Waals surface area contributed by atoms with Crippen LogP contribution in [-0.2, 0) is 57.2 Å². The van der Waals surface area contributed by atoms with Crippen LogP contribution in [0.25, 0.3) is 0 Å². The van der Waals surface area contributed by atoms with Crippen LogP contribution in [0, 0.1) is 67.0 Å². The van der Waals surface area contributed by atoms with Crippen molar-refractivity contribution < 1.29 is 57.2 Å². The molecule has 0 aromatic carbocycles. The molecule has 0 saturated heterocycles. The van der Waals surface area contributed by atoms with Gasteiger partial charge in [-0.15, -0.1) is 0 Å². The Labute approximate surface area is 598 Å². The highest BCUT2D eigenvalue weighted by Crippen LogP contribution is 2.65. The standard InChI is InChI=1S/C20H34O2.C15H28O2.C14H26O2.C13H24O2.C13H26O2.C10H20O2/c1-6-18(3,4)17(21)22-19(5,7-2)20-11-14-8-15(12-20)10-16(9-14)13-20;1-7-14(5,6)12(16)17-15(13(2,3)4)10-8-9-11-15;1-6-13(4,5)12(15)16-14(11(2)3)9-7-8-10-14;1-5-12(3,4)11(14)15-13(6-2)9-7-8-10-13;1-7-12(5,6)11(14)15-13(8-2,9-3)10-4;1-7-10(5,6)8(11)12-9(2,3)4/h14-16H,6-13H2,1-5H3;7-11H2,1-6H3;11H,6-10H2,1-5H3;5-10H2,1-4H3;7-10H2,1-6H3;7H2,1-6H3. The summed E-state index contributed by atoms with van der Waals surface area (Å²) in [6, 6.07) is 0. The highest BCUT2D eigenvalue weighted by Gasteiger charge is 2.60. The van der Waals surface area contributed by atoms with E-state index in [1.54, 1.807) is 0 Å². The molecule has 0 aromatic rings. The van der Waals surface area contributed by atoms with Crippen LogP contribution in [0.3, 0.4) is 0 Å². The predicted molar refractivity (Wildman–Crippen MR) is 402 cm³/mol. The number of carbonyl (C=O) groups is 6. The fraction of sp³-hybridized carbons (Fsp3) is 0.929. The van der Waals surface area contributed by atoms with Gasteiger partial charge in [-0.2, -0.15) is 0 Å². The Bertz CT molecular complexity index is 2340. The van der Waals surface area contributed by atoms with Crippen molar-refractivity contribution in [3.8, 4) is 0 Å². The Kier molecular flexibility index (Phi) is 34.8. The molecule has 0 spiro atoms. The van der Waals surface area contributed by atoms with Crippen LogP contribution in [0.5, 0.6) is 0 Å². The van der Waals surface area contributed by atoms with Crippen molar-refractivity contribution in [1.29, 1.82) is 0 Å². The number of hydrogen-bond acceptors (Lipinski definition) is 12. The first-order chi connectivity index (χ1) is 44.2. The minimum absolute atomic E-state index is 0.00935. The molecular formula is C85H158O12. The smallest absolute Gasteiger partial charge is 0.312 e. The van der Waals surface area contributed by atoms with Crippen molar-refractivity contribution in [3.05, 3.63) is 0 Å². The molecule has 7 fully saturated rings. The maximum absolute atomic E-state index is 12.7. The second-order valence-corrected chi connectivity index (χ2v) is 37.5. The van der Waals surface area contributed by atoms with Crippen LogP contribution in [-0.4, -0.2) is 69.4 Å². The van der Waals surface area contributed by atoms with E-state index in [0.29, 0.717) is 5.92 Å². The Hall–Kier alpha value is -3.18. The second-order valence-electron chi connectivity index (χ2n) is 37.5. The fourth-order valence-corrected chi connectivity index (χ4v) is 14.5. The van der Waals surface area contributed by atoms with Crippen molar-refractivity contribution in [2.75, 3.05) is 0 Å². The minimum Gasteiger partial charge on any atom is -0.460 e. The molecule has 0 aromatic heterocycles. The lowest BCUT2D eigenvalue weighted by Gasteiger charge is -2.62. The van der Waals surface area contributed by atoms with Crippen LogP contribution in [0.4, 0.5) is 0 Å². The van der Waals surface area contributed by atoms with Crippen molar-refractivity contribution in [2.45, 2.75) is 441 Å². The van der Waals surface area contributed by atoms with Gasteiger partial charge < -0.3 is 28.4 Å². The van der Waals surface area contributed by atoms with E-state index in [4.69, 9.17) is 28.4 Å². The summed E-state index contributed by atoms with van der Waals surface area (Å²) >= 11 is 0. The highest BCUT2D eigenvalue weighted by atomic mass is 16.6. The van der Waals surface area contributed by atoms with E-state index >= 15 is 0 Å². The van der Waals surface area contributed by atoms with Crippen molar-refractivity contribution >= 4 is 35.8 Å². The van der Waals surface area contributed by atoms with Gasteiger partial charge in [-0.1, -0.05) is 111 Å². The Morgan fingerprint density at radius 3 is 0.948 bits per heavy atom. The second kappa shape index (κ2) is 36.8. The van der Waals surface area contributed by atoms with Gasteiger partial charge in [0.25, 0.3) is 0 Å². The summed E-state index contributed by atoms with van der Waals surface area (Å²) < 4.78 is 34.9. The zero-order valence-corrected chi connectivity index (χ0v) is 69.7. The maximum atomic E-state index is 12.7. The van der Waals surface area contributed by atoms with Gasteiger partial charge in [-0.3, -0.25) is 28.8 Å². The molecule has 4 bridgehead atoms. The summed E-state index contributed by atoms with van der Waals surface area (Å²) in [6.45, 7) is 65.1. The SMILES string of the molecule is CCC(C)(C)C(=O)OC(C)(C)C.CCC(C)(C)C(=O)OC(C)(CC)C12CC3CC(CC(C3)C1)C2.CCC(C)(C)C(=O)OC1(C(C)(C)C)CCCC1.CCC(C)(C)C(=O)OC1(C(C)C)CCCC1.CCC(CC)(CC)OC(=O)C(C)(C)CC.CCC1(OC(=O)C(C)(C)CC)CCCC1. The summed E-state index contributed by atoms with van der Waals surface area (Å²) in [4.78, 5) is 72.6. The zero-order valence-electron chi connectivity index (χ0n) is 69.7. The number of hydrogen-bond donors (Lipinski definition) is 0. The first-order valence-corrected chi connectivity index (χ1v) is 39.6. The topological polar surface area (TPSA) is 158 Å². The molecule has 0 radical (unpaired) electrons. The third-order valence-electron chi connectivity index (χ3n) is 25.7. The molecule has 12 nitrogen and oxygen atoms in total. The van der Waals surface area contributed by atoms with Crippen LogP contribution in [0.2, 0.25) is 0 Å². The van der Waals surface area contributed by atoms with Crippen LogP contribution in [0.1, 0.15) is 408 Å². The monoisotopic (exact) mass is 1370 g/mol. The average Bonchev–Trinajstić information content (AvgIpc) is 1.47. The van der Waals surface area contributed by atoms with Gasteiger partial charge in [0.1, 0.15) is 33.6 Å². The van der Waals surface area contributed by atoms with Crippen molar-refractivity contribution in [3.63, 3.8) is 0 Å². The summed E-state index contributed by atoms with van der Waals surface area (Å²) in [6.07, 6.45) is 31.1. The lowest BCUT2D eigenvalue weighted by molar-refractivity contribution is -0.212. The predicted octanol–water partition coefficient (Wildman–Crippen LogP) is 24.0. The fourth-order valence-electron chi connectivity index (χ4n) is 14.5.